The van der Waals surface area contributed by atoms with Crippen LogP contribution >= 0.6 is 11.6 Å². The molecule has 5 atom stereocenters. The summed E-state index contributed by atoms with van der Waals surface area (Å²) in [6.45, 7) is 1.17. The van der Waals surface area contributed by atoms with Gasteiger partial charge in [0.15, 0.2) is 0 Å². The quantitative estimate of drug-likeness (QED) is 0.647. The number of rotatable bonds is 6. The number of aliphatic hydroxyl groups excluding tert-OH is 3. The highest BCUT2D eigenvalue weighted by Crippen LogP contribution is 2.34. The van der Waals surface area contributed by atoms with Gasteiger partial charge in [-0.15, -0.1) is 0 Å². The van der Waals surface area contributed by atoms with Crippen molar-refractivity contribution in [3.05, 3.63) is 64.2 Å². The highest BCUT2D eigenvalue weighted by atomic mass is 35.5. The zero-order valence-corrected chi connectivity index (χ0v) is 17.4. The summed E-state index contributed by atoms with van der Waals surface area (Å²) < 4.78 is 17.0. The second kappa shape index (κ2) is 9.64. The van der Waals surface area contributed by atoms with Crippen molar-refractivity contribution in [2.75, 3.05) is 19.8 Å². The summed E-state index contributed by atoms with van der Waals surface area (Å²) in [7, 11) is 0. The van der Waals surface area contributed by atoms with Crippen molar-refractivity contribution in [2.45, 2.75) is 49.8 Å². The van der Waals surface area contributed by atoms with Gasteiger partial charge in [-0.1, -0.05) is 35.9 Å². The number of hydrogen-bond donors (Lipinski definition) is 3. The first-order valence-electron chi connectivity index (χ1n) is 10.3. The van der Waals surface area contributed by atoms with E-state index >= 15 is 0 Å². The van der Waals surface area contributed by atoms with Crippen molar-refractivity contribution in [2.24, 2.45) is 0 Å². The molecule has 2 aliphatic rings. The van der Waals surface area contributed by atoms with Crippen LogP contribution in [0.25, 0.3) is 0 Å². The van der Waals surface area contributed by atoms with Crippen LogP contribution in [0, 0.1) is 0 Å². The average molecular weight is 435 g/mol. The molecule has 0 amide bonds. The lowest BCUT2D eigenvalue weighted by Gasteiger charge is -2.37. The van der Waals surface area contributed by atoms with Crippen LogP contribution in [0.5, 0.6) is 5.75 Å². The Bertz CT molecular complexity index is 836. The highest BCUT2D eigenvalue weighted by molar-refractivity contribution is 6.31. The lowest BCUT2D eigenvalue weighted by molar-refractivity contribution is -0.179. The van der Waals surface area contributed by atoms with E-state index < -0.39 is 24.4 Å². The molecule has 2 aliphatic heterocycles. The molecule has 2 aromatic rings. The lowest BCUT2D eigenvalue weighted by atomic mass is 9.91. The topological polar surface area (TPSA) is 88.4 Å². The fourth-order valence-electron chi connectivity index (χ4n) is 3.96. The Labute approximate surface area is 181 Å². The van der Waals surface area contributed by atoms with Gasteiger partial charge in [0.2, 0.25) is 0 Å². The van der Waals surface area contributed by atoms with E-state index in [4.69, 9.17) is 25.8 Å². The molecule has 2 saturated heterocycles. The Morgan fingerprint density at radius 3 is 2.60 bits per heavy atom. The summed E-state index contributed by atoms with van der Waals surface area (Å²) in [5, 5.41) is 30.5. The van der Waals surface area contributed by atoms with Gasteiger partial charge in [-0.3, -0.25) is 0 Å². The molecule has 4 unspecified atom stereocenters. The van der Waals surface area contributed by atoms with Crippen molar-refractivity contribution in [1.82, 2.24) is 0 Å². The molecule has 162 valence electrons. The maximum absolute atomic E-state index is 10.4. The smallest absolute Gasteiger partial charge is 0.124 e. The zero-order chi connectivity index (χ0) is 21.1. The van der Waals surface area contributed by atoms with Crippen LogP contribution < -0.4 is 4.74 Å². The fraction of sp³-hybridized carbons (Fsp3) is 0.478. The SMILES string of the molecule is OCC1CC(O)C(O)C(c2ccc(Cl)c(Cc3ccc(O[C@H]4CCOC4)cc3)c2)O1. The molecule has 30 heavy (non-hydrogen) atoms. The Morgan fingerprint density at radius 2 is 1.90 bits per heavy atom. The van der Waals surface area contributed by atoms with Crippen LogP contribution in [0.3, 0.4) is 0 Å². The van der Waals surface area contributed by atoms with Gasteiger partial charge in [-0.2, -0.15) is 0 Å². The van der Waals surface area contributed by atoms with Gasteiger partial charge in [0.1, 0.15) is 24.1 Å². The van der Waals surface area contributed by atoms with E-state index in [9.17, 15) is 15.3 Å². The monoisotopic (exact) mass is 434 g/mol. The molecule has 2 heterocycles. The van der Waals surface area contributed by atoms with Gasteiger partial charge in [0.25, 0.3) is 0 Å². The summed E-state index contributed by atoms with van der Waals surface area (Å²) in [5.41, 5.74) is 2.69. The van der Waals surface area contributed by atoms with Crippen LogP contribution in [-0.2, 0) is 15.9 Å². The van der Waals surface area contributed by atoms with Crippen LogP contribution in [0.2, 0.25) is 5.02 Å². The van der Waals surface area contributed by atoms with Gasteiger partial charge in [0, 0.05) is 17.9 Å². The Balaban J connectivity index is 1.48. The Kier molecular flexibility index (Phi) is 6.93. The number of halogens is 1. The first-order valence-corrected chi connectivity index (χ1v) is 10.7. The maximum atomic E-state index is 10.4. The minimum Gasteiger partial charge on any atom is -0.488 e. The predicted octanol–water partition coefficient (Wildman–Crippen LogP) is 2.64. The van der Waals surface area contributed by atoms with E-state index in [1.54, 1.807) is 12.1 Å². The summed E-state index contributed by atoms with van der Waals surface area (Å²) in [6.07, 6.45) is -1.40. The summed E-state index contributed by atoms with van der Waals surface area (Å²) in [6, 6.07) is 13.4. The van der Waals surface area contributed by atoms with E-state index in [1.165, 1.54) is 0 Å². The average Bonchev–Trinajstić information content (AvgIpc) is 3.26. The van der Waals surface area contributed by atoms with Crippen molar-refractivity contribution in [3.8, 4) is 5.75 Å². The van der Waals surface area contributed by atoms with E-state index in [0.29, 0.717) is 18.1 Å². The molecule has 2 aromatic carbocycles. The summed E-state index contributed by atoms with van der Waals surface area (Å²) in [5.74, 6) is 0.817. The molecular weight excluding hydrogens is 408 g/mol. The number of benzene rings is 2. The van der Waals surface area contributed by atoms with Crippen LogP contribution in [-0.4, -0.2) is 59.6 Å². The van der Waals surface area contributed by atoms with Gasteiger partial charge >= 0.3 is 0 Å². The molecule has 0 radical (unpaired) electrons. The molecule has 0 bridgehead atoms. The Morgan fingerprint density at radius 1 is 1.10 bits per heavy atom. The van der Waals surface area contributed by atoms with Crippen molar-refractivity contribution >= 4 is 11.6 Å². The van der Waals surface area contributed by atoms with Crippen molar-refractivity contribution in [1.29, 1.82) is 0 Å². The number of aliphatic hydroxyl groups is 3. The van der Waals surface area contributed by atoms with Gasteiger partial charge in [-0.25, -0.2) is 0 Å². The second-order valence-corrected chi connectivity index (χ2v) is 8.34. The third-order valence-electron chi connectivity index (χ3n) is 5.66. The fourth-order valence-corrected chi connectivity index (χ4v) is 4.14. The maximum Gasteiger partial charge on any atom is 0.124 e. The molecule has 6 nitrogen and oxygen atoms in total. The molecule has 0 aliphatic carbocycles. The molecule has 2 fully saturated rings. The third-order valence-corrected chi connectivity index (χ3v) is 6.03. The molecule has 0 spiro atoms. The van der Waals surface area contributed by atoms with Crippen LogP contribution in [0.15, 0.2) is 42.5 Å². The van der Waals surface area contributed by atoms with Crippen LogP contribution in [0.1, 0.15) is 35.6 Å². The van der Waals surface area contributed by atoms with E-state index in [0.717, 1.165) is 35.5 Å². The molecule has 3 N–H and O–H groups in total. The van der Waals surface area contributed by atoms with Crippen molar-refractivity contribution in [3.63, 3.8) is 0 Å². The van der Waals surface area contributed by atoms with E-state index in [-0.39, 0.29) is 19.1 Å². The largest absolute Gasteiger partial charge is 0.488 e. The molecule has 0 saturated carbocycles. The predicted molar refractivity (Wildman–Crippen MR) is 112 cm³/mol. The molecular formula is C23H27ClO6. The molecule has 0 aromatic heterocycles. The summed E-state index contributed by atoms with van der Waals surface area (Å²) in [4.78, 5) is 0. The van der Waals surface area contributed by atoms with Gasteiger partial charge < -0.3 is 29.5 Å². The third kappa shape index (κ3) is 4.97. The number of hydrogen-bond acceptors (Lipinski definition) is 6. The molecule has 7 heteroatoms. The normalized spacial score (nSPS) is 29.1. The number of ether oxygens (including phenoxy) is 3. The minimum absolute atomic E-state index is 0.113. The second-order valence-electron chi connectivity index (χ2n) is 7.93. The van der Waals surface area contributed by atoms with E-state index in [2.05, 4.69) is 0 Å². The highest BCUT2D eigenvalue weighted by Gasteiger charge is 2.37. The first kappa shape index (κ1) is 21.6. The lowest BCUT2D eigenvalue weighted by Crippen LogP contribution is -2.44. The molecule has 4 rings (SSSR count). The summed E-state index contributed by atoms with van der Waals surface area (Å²) >= 11 is 6.42. The van der Waals surface area contributed by atoms with E-state index in [1.807, 2.05) is 30.3 Å². The minimum atomic E-state index is -1.06. The standard InChI is InChI=1S/C23H27ClO6/c24-20-6-3-15(23-22(27)21(26)11-19(12-25)30-23)10-16(20)9-14-1-4-17(5-2-14)29-18-7-8-28-13-18/h1-6,10,18-19,21-23,25-27H,7-9,11-13H2/t18-,19?,21?,22?,23?/m0/s1. The van der Waals surface area contributed by atoms with Gasteiger partial charge in [0.05, 0.1) is 32.0 Å². The Hall–Kier alpha value is -1.67. The van der Waals surface area contributed by atoms with Crippen LogP contribution in [0.4, 0.5) is 0 Å². The first-order chi connectivity index (χ1) is 14.5. The zero-order valence-electron chi connectivity index (χ0n) is 16.6. The van der Waals surface area contributed by atoms with Crippen molar-refractivity contribution < 1.29 is 29.5 Å². The van der Waals surface area contributed by atoms with Gasteiger partial charge in [-0.05, 0) is 41.3 Å².